The first-order valence-corrected chi connectivity index (χ1v) is 14.0. The molecule has 0 spiro atoms. The van der Waals surface area contributed by atoms with Gasteiger partial charge < -0.3 is 20.4 Å². The molecule has 212 valence electrons. The minimum absolute atomic E-state index is 0.111. The van der Waals surface area contributed by atoms with Crippen LogP contribution in [0.3, 0.4) is 0 Å². The van der Waals surface area contributed by atoms with Gasteiger partial charge in [-0.25, -0.2) is 4.79 Å². The van der Waals surface area contributed by atoms with Crippen LogP contribution in [0.1, 0.15) is 27.0 Å². The lowest BCUT2D eigenvalue weighted by atomic mass is 10.0. The van der Waals surface area contributed by atoms with Crippen LogP contribution in [0.2, 0.25) is 0 Å². The van der Waals surface area contributed by atoms with Crippen molar-refractivity contribution in [2.75, 3.05) is 6.61 Å². The van der Waals surface area contributed by atoms with Gasteiger partial charge >= 0.3 is 10.8 Å². The second-order valence-electron chi connectivity index (χ2n) is 9.44. The van der Waals surface area contributed by atoms with E-state index >= 15 is 0 Å². The first kappa shape index (κ1) is 28.3. The third kappa shape index (κ3) is 6.56. The molecule has 10 heteroatoms. The molecule has 0 fully saturated rings. The Kier molecular flexibility index (Phi) is 8.74. The Morgan fingerprint density at radius 2 is 1.55 bits per heavy atom. The van der Waals surface area contributed by atoms with Crippen LogP contribution in [-0.4, -0.2) is 45.1 Å². The van der Waals surface area contributed by atoms with Gasteiger partial charge in [-0.3, -0.25) is 14.2 Å². The molecule has 5 aromatic rings. The van der Waals surface area contributed by atoms with Gasteiger partial charge in [0.2, 0.25) is 0 Å². The van der Waals surface area contributed by atoms with Gasteiger partial charge in [0.05, 0.1) is 16.8 Å². The molecular formula is C32H27N3O6S. The van der Waals surface area contributed by atoms with Crippen LogP contribution < -0.4 is 14.9 Å². The number of rotatable bonds is 11. The summed E-state index contributed by atoms with van der Waals surface area (Å²) in [6.45, 7) is 0.567. The molecule has 1 unspecified atom stereocenters. The van der Waals surface area contributed by atoms with Crippen LogP contribution in [0.25, 0.3) is 10.2 Å². The van der Waals surface area contributed by atoms with Gasteiger partial charge in [-0.15, -0.1) is 0 Å². The number of aromatic nitrogens is 1. The summed E-state index contributed by atoms with van der Waals surface area (Å²) in [5.41, 5.74) is 3.76. The highest BCUT2D eigenvalue weighted by Crippen LogP contribution is 2.22. The Labute approximate surface area is 244 Å². The summed E-state index contributed by atoms with van der Waals surface area (Å²) in [7, 11) is 0. The van der Waals surface area contributed by atoms with Crippen molar-refractivity contribution in [3.63, 3.8) is 0 Å². The molecule has 0 aliphatic rings. The molecule has 1 heterocycles. The van der Waals surface area contributed by atoms with Crippen molar-refractivity contribution in [3.05, 3.63) is 135 Å². The number of nitrogens with zero attached hydrogens (tertiary/aromatic N) is 2. The summed E-state index contributed by atoms with van der Waals surface area (Å²) in [6, 6.07) is 29.1. The third-order valence-corrected chi connectivity index (χ3v) is 7.62. The van der Waals surface area contributed by atoms with Crippen molar-refractivity contribution in [1.29, 1.82) is 0 Å². The van der Waals surface area contributed by atoms with Crippen molar-refractivity contribution >= 4 is 39.1 Å². The van der Waals surface area contributed by atoms with E-state index < -0.39 is 17.9 Å². The zero-order valence-corrected chi connectivity index (χ0v) is 23.2. The second-order valence-corrected chi connectivity index (χ2v) is 10.4. The molecule has 3 N–H and O–H groups in total. The quantitative estimate of drug-likeness (QED) is 0.117. The highest BCUT2D eigenvalue weighted by molar-refractivity contribution is 7.16. The number of carbonyl (C=O) groups is 2. The second kappa shape index (κ2) is 13.0. The van der Waals surface area contributed by atoms with Crippen LogP contribution in [0.15, 0.2) is 113 Å². The van der Waals surface area contributed by atoms with Crippen LogP contribution in [0.5, 0.6) is 5.75 Å². The molecule has 9 nitrogen and oxygen atoms in total. The van der Waals surface area contributed by atoms with Crippen LogP contribution in [0, 0.1) is 0 Å². The fraction of sp³-hybridized carbons (Fsp3) is 0.125. The predicted octanol–water partition coefficient (Wildman–Crippen LogP) is 4.79. The van der Waals surface area contributed by atoms with Gasteiger partial charge in [-0.05, 0) is 42.0 Å². The molecule has 0 radical (unpaired) electrons. The summed E-state index contributed by atoms with van der Waals surface area (Å²) in [6.07, 6.45) is 0.111. The number of hydrogen-bond donors (Lipinski definition) is 3. The fourth-order valence-corrected chi connectivity index (χ4v) is 5.50. The van der Waals surface area contributed by atoms with Crippen molar-refractivity contribution in [2.45, 2.75) is 19.0 Å². The summed E-state index contributed by atoms with van der Waals surface area (Å²) in [5, 5.41) is 25.3. The number of aliphatic carboxylic acids is 1. The molecule has 4 aromatic carbocycles. The lowest BCUT2D eigenvalue weighted by Crippen LogP contribution is -2.42. The van der Waals surface area contributed by atoms with E-state index in [0.717, 1.165) is 32.7 Å². The lowest BCUT2D eigenvalue weighted by molar-refractivity contribution is -0.139. The average molecular weight is 582 g/mol. The van der Waals surface area contributed by atoms with E-state index in [1.54, 1.807) is 59.2 Å². The maximum absolute atomic E-state index is 12.7. The maximum Gasteiger partial charge on any atom is 0.326 e. The maximum atomic E-state index is 12.7. The summed E-state index contributed by atoms with van der Waals surface area (Å²) >= 11 is 1.11. The molecule has 0 saturated carbocycles. The number of oxime groups is 1. The Bertz CT molecular complexity index is 1780. The molecule has 0 bridgehead atoms. The highest BCUT2D eigenvalue weighted by Gasteiger charge is 2.21. The van der Waals surface area contributed by atoms with E-state index in [1.807, 2.05) is 48.5 Å². The number of amides is 1. The van der Waals surface area contributed by atoms with E-state index in [9.17, 15) is 24.7 Å². The van der Waals surface area contributed by atoms with Crippen molar-refractivity contribution in [3.8, 4) is 5.75 Å². The summed E-state index contributed by atoms with van der Waals surface area (Å²) in [4.78, 5) is 36.8. The number of hydrogen-bond acceptors (Lipinski definition) is 7. The van der Waals surface area contributed by atoms with E-state index in [1.165, 1.54) is 0 Å². The minimum Gasteiger partial charge on any atom is -0.492 e. The Balaban J connectivity index is 1.20. The Morgan fingerprint density at radius 3 is 2.19 bits per heavy atom. The number of carboxylic acids is 1. The lowest BCUT2D eigenvalue weighted by Gasteiger charge is -2.15. The van der Waals surface area contributed by atoms with Crippen LogP contribution >= 0.6 is 11.3 Å². The summed E-state index contributed by atoms with van der Waals surface area (Å²) in [5.74, 6) is -1.01. The van der Waals surface area contributed by atoms with Gasteiger partial charge in [0.15, 0.2) is 0 Å². The number of carbonyl (C=O) groups excluding carboxylic acids is 1. The number of benzene rings is 4. The molecule has 1 atom stereocenters. The molecule has 0 aliphatic heterocycles. The number of carboxylic acid groups (broad SMARTS) is 1. The molecule has 42 heavy (non-hydrogen) atoms. The zero-order valence-electron chi connectivity index (χ0n) is 22.3. The monoisotopic (exact) mass is 581 g/mol. The highest BCUT2D eigenvalue weighted by atomic mass is 32.1. The largest absolute Gasteiger partial charge is 0.492 e. The molecular weight excluding hydrogens is 554 g/mol. The van der Waals surface area contributed by atoms with Gasteiger partial charge in [0.1, 0.15) is 24.1 Å². The Morgan fingerprint density at radius 1 is 0.881 bits per heavy atom. The molecule has 0 saturated heterocycles. The standard InChI is InChI=1S/C32H27N3O6S/c36-30(23-9-5-2-6-10-23)33-26(31(37)38)19-21-11-14-25(15-12-21)41-18-17-35-27-16-13-24(20-28(27)42-32(35)39)29(34-40)22-7-3-1-4-8-22/h1-16,20,26,40H,17-19H2,(H,33,36)(H,37,38). The van der Waals surface area contributed by atoms with Gasteiger partial charge in [0, 0.05) is 23.1 Å². The topological polar surface area (TPSA) is 130 Å². The minimum atomic E-state index is -1.12. The third-order valence-electron chi connectivity index (χ3n) is 6.68. The number of ether oxygens (including phenoxy) is 1. The van der Waals surface area contributed by atoms with Crippen molar-refractivity contribution in [2.24, 2.45) is 5.16 Å². The first-order valence-electron chi connectivity index (χ1n) is 13.1. The summed E-state index contributed by atoms with van der Waals surface area (Å²) < 4.78 is 8.27. The van der Waals surface area contributed by atoms with Crippen LogP contribution in [-0.2, 0) is 17.8 Å². The SMILES string of the molecule is O=C(NC(Cc1ccc(OCCn2c(=O)sc3cc(C(=NO)c4ccccc4)ccc32)cc1)C(=O)O)c1ccccc1. The Hall–Kier alpha value is -5.22. The first-order chi connectivity index (χ1) is 20.4. The normalized spacial score (nSPS) is 12.1. The van der Waals surface area contributed by atoms with Gasteiger partial charge in [-0.2, -0.15) is 0 Å². The van der Waals surface area contributed by atoms with Crippen molar-refractivity contribution in [1.82, 2.24) is 9.88 Å². The number of thiazole rings is 1. The predicted molar refractivity (Wildman–Crippen MR) is 161 cm³/mol. The smallest absolute Gasteiger partial charge is 0.326 e. The molecule has 0 aliphatic carbocycles. The molecule has 1 aromatic heterocycles. The number of nitrogens with one attached hydrogen (secondary N) is 1. The van der Waals surface area contributed by atoms with E-state index in [-0.39, 0.29) is 17.9 Å². The zero-order chi connectivity index (χ0) is 29.5. The van der Waals surface area contributed by atoms with E-state index in [2.05, 4.69) is 10.5 Å². The van der Waals surface area contributed by atoms with Gasteiger partial charge in [-0.1, -0.05) is 83.2 Å². The van der Waals surface area contributed by atoms with Crippen LogP contribution in [0.4, 0.5) is 0 Å². The van der Waals surface area contributed by atoms with Crippen molar-refractivity contribution < 1.29 is 24.6 Å². The van der Waals surface area contributed by atoms with E-state index in [0.29, 0.717) is 29.1 Å². The molecule has 1 amide bonds. The van der Waals surface area contributed by atoms with Gasteiger partial charge in [0.25, 0.3) is 5.91 Å². The average Bonchev–Trinajstić information content (AvgIpc) is 3.33. The molecule has 5 rings (SSSR count). The van der Waals surface area contributed by atoms with E-state index in [4.69, 9.17) is 4.74 Å². The number of fused-ring (bicyclic) bond motifs is 1. The fourth-order valence-electron chi connectivity index (χ4n) is 4.55.